The highest BCUT2D eigenvalue weighted by molar-refractivity contribution is 5.76. The van der Waals surface area contributed by atoms with Crippen LogP contribution in [0.4, 0.5) is 0 Å². The number of carbonyl (C=O) groups is 1. The summed E-state index contributed by atoms with van der Waals surface area (Å²) in [5.74, 6) is 0.382. The molecule has 2 N–H and O–H groups in total. The van der Waals surface area contributed by atoms with Gasteiger partial charge in [-0.2, -0.15) is 0 Å². The van der Waals surface area contributed by atoms with E-state index in [1.54, 1.807) is 0 Å². The topological polar surface area (TPSA) is 49.3 Å². The van der Waals surface area contributed by atoms with Crippen LogP contribution in [-0.4, -0.2) is 23.7 Å². The van der Waals surface area contributed by atoms with Crippen LogP contribution in [0.25, 0.3) is 0 Å². The maximum absolute atomic E-state index is 11.6. The quantitative estimate of drug-likeness (QED) is 0.736. The van der Waals surface area contributed by atoms with E-state index < -0.39 is 0 Å². The van der Waals surface area contributed by atoms with Gasteiger partial charge in [-0.15, -0.1) is 0 Å². The summed E-state index contributed by atoms with van der Waals surface area (Å²) in [5, 5.41) is 11.8. The normalized spacial score (nSPS) is 15.9. The molecule has 0 aliphatic heterocycles. The average Bonchev–Trinajstić information content (AvgIpc) is 2.12. The van der Waals surface area contributed by atoms with Crippen molar-refractivity contribution in [1.29, 1.82) is 0 Å². The number of hydrogen-bond acceptors (Lipinski definition) is 2. The van der Waals surface area contributed by atoms with Gasteiger partial charge in [-0.1, -0.05) is 34.6 Å². The van der Waals surface area contributed by atoms with Crippen molar-refractivity contribution in [3.63, 3.8) is 0 Å². The zero-order valence-electron chi connectivity index (χ0n) is 10.6. The Balaban J connectivity index is 4.04. The van der Waals surface area contributed by atoms with Crippen molar-refractivity contribution < 1.29 is 9.90 Å². The van der Waals surface area contributed by atoms with Crippen LogP contribution < -0.4 is 5.32 Å². The van der Waals surface area contributed by atoms with Crippen LogP contribution in [0.15, 0.2) is 0 Å². The largest absolute Gasteiger partial charge is 0.394 e. The fraction of sp³-hybridized carbons (Fsp3) is 0.917. The Morgan fingerprint density at radius 1 is 1.40 bits per heavy atom. The first-order valence-corrected chi connectivity index (χ1v) is 5.71. The van der Waals surface area contributed by atoms with Crippen LogP contribution in [0.2, 0.25) is 0 Å². The molecule has 0 aromatic carbocycles. The molecule has 3 nitrogen and oxygen atoms in total. The van der Waals surface area contributed by atoms with E-state index in [4.69, 9.17) is 5.11 Å². The predicted molar refractivity (Wildman–Crippen MR) is 62.5 cm³/mol. The second-order valence-electron chi connectivity index (χ2n) is 5.33. The maximum atomic E-state index is 11.6. The van der Waals surface area contributed by atoms with Crippen LogP contribution in [0, 0.1) is 11.3 Å². The molecule has 0 aromatic rings. The predicted octanol–water partition coefficient (Wildman–Crippen LogP) is 1.95. The van der Waals surface area contributed by atoms with E-state index >= 15 is 0 Å². The molecule has 0 saturated carbocycles. The average molecular weight is 215 g/mol. The van der Waals surface area contributed by atoms with Gasteiger partial charge in [0, 0.05) is 6.42 Å². The minimum absolute atomic E-state index is 0.0200. The fourth-order valence-corrected chi connectivity index (χ4v) is 1.15. The highest BCUT2D eigenvalue weighted by Gasteiger charge is 2.23. The monoisotopic (exact) mass is 215 g/mol. The van der Waals surface area contributed by atoms with Gasteiger partial charge in [0.05, 0.1) is 12.6 Å². The molecule has 0 aliphatic rings. The summed E-state index contributed by atoms with van der Waals surface area (Å²) in [6.07, 6.45) is 1.30. The van der Waals surface area contributed by atoms with E-state index in [2.05, 4.69) is 33.0 Å². The number of hydrogen-bond donors (Lipinski definition) is 2. The van der Waals surface area contributed by atoms with Gasteiger partial charge in [-0.25, -0.2) is 0 Å². The number of aliphatic hydroxyl groups is 1. The Hall–Kier alpha value is -0.570. The van der Waals surface area contributed by atoms with Crippen molar-refractivity contribution in [3.8, 4) is 0 Å². The summed E-state index contributed by atoms with van der Waals surface area (Å²) in [6.45, 7) is 10.5. The highest BCUT2D eigenvalue weighted by Crippen LogP contribution is 2.27. The standard InChI is InChI=1S/C12H25NO2/c1-6-10(8-14)13-11(15)7-9(2)12(3,4)5/h9-10,14H,6-8H2,1-5H3,(H,13,15)/t9?,10-/m1/s1. The third-order valence-corrected chi connectivity index (χ3v) is 3.05. The van der Waals surface area contributed by atoms with Gasteiger partial charge in [0.2, 0.25) is 5.91 Å². The minimum atomic E-state index is -0.0929. The Kier molecular flexibility index (Phi) is 5.88. The molecular weight excluding hydrogens is 190 g/mol. The summed E-state index contributed by atoms with van der Waals surface area (Å²) in [7, 11) is 0. The van der Waals surface area contributed by atoms with Gasteiger partial charge in [0.15, 0.2) is 0 Å². The lowest BCUT2D eigenvalue weighted by atomic mass is 9.80. The first-order valence-electron chi connectivity index (χ1n) is 5.71. The third kappa shape index (κ3) is 5.78. The summed E-state index contributed by atoms with van der Waals surface area (Å²) in [4.78, 5) is 11.6. The minimum Gasteiger partial charge on any atom is -0.394 e. The zero-order valence-corrected chi connectivity index (χ0v) is 10.6. The van der Waals surface area contributed by atoms with Crippen molar-refractivity contribution >= 4 is 5.91 Å². The number of rotatable bonds is 5. The van der Waals surface area contributed by atoms with E-state index in [9.17, 15) is 4.79 Å². The lowest BCUT2D eigenvalue weighted by Crippen LogP contribution is -2.38. The molecule has 0 heterocycles. The second-order valence-corrected chi connectivity index (χ2v) is 5.33. The lowest BCUT2D eigenvalue weighted by Gasteiger charge is -2.27. The van der Waals surface area contributed by atoms with Crippen LogP contribution in [0.3, 0.4) is 0 Å². The van der Waals surface area contributed by atoms with Crippen LogP contribution >= 0.6 is 0 Å². The van der Waals surface area contributed by atoms with E-state index in [0.29, 0.717) is 12.3 Å². The molecule has 0 aromatic heterocycles. The molecule has 15 heavy (non-hydrogen) atoms. The summed E-state index contributed by atoms with van der Waals surface area (Å²) < 4.78 is 0. The molecule has 0 rings (SSSR count). The van der Waals surface area contributed by atoms with Crippen LogP contribution in [0.5, 0.6) is 0 Å². The van der Waals surface area contributed by atoms with Gasteiger partial charge in [-0.3, -0.25) is 4.79 Å². The second kappa shape index (κ2) is 6.11. The Bertz CT molecular complexity index is 192. The lowest BCUT2D eigenvalue weighted by molar-refractivity contribution is -0.123. The number of nitrogens with one attached hydrogen (secondary N) is 1. The first-order chi connectivity index (χ1) is 6.81. The van der Waals surface area contributed by atoms with Crippen LogP contribution in [-0.2, 0) is 4.79 Å². The zero-order chi connectivity index (χ0) is 12.1. The molecule has 90 valence electrons. The molecule has 0 radical (unpaired) electrons. The van der Waals surface area contributed by atoms with Crippen molar-refractivity contribution in [2.24, 2.45) is 11.3 Å². The number of amides is 1. The third-order valence-electron chi connectivity index (χ3n) is 3.05. The summed E-state index contributed by atoms with van der Waals surface area (Å²) in [6, 6.07) is -0.0929. The van der Waals surface area contributed by atoms with E-state index in [-0.39, 0.29) is 24.0 Å². The van der Waals surface area contributed by atoms with E-state index in [0.717, 1.165) is 6.42 Å². The van der Waals surface area contributed by atoms with Gasteiger partial charge < -0.3 is 10.4 Å². The number of aliphatic hydroxyl groups excluding tert-OH is 1. The summed E-state index contributed by atoms with van der Waals surface area (Å²) >= 11 is 0. The summed E-state index contributed by atoms with van der Waals surface area (Å²) in [5.41, 5.74) is 0.151. The Labute approximate surface area is 93.3 Å². The van der Waals surface area contributed by atoms with E-state index in [1.807, 2.05) is 6.92 Å². The number of carbonyl (C=O) groups excluding carboxylic acids is 1. The molecule has 2 atom stereocenters. The molecule has 0 saturated heterocycles. The fourth-order valence-electron chi connectivity index (χ4n) is 1.15. The SMILES string of the molecule is CC[C@H](CO)NC(=O)CC(C)C(C)(C)C. The maximum Gasteiger partial charge on any atom is 0.220 e. The van der Waals surface area contributed by atoms with Crippen molar-refractivity contribution in [1.82, 2.24) is 5.32 Å². The highest BCUT2D eigenvalue weighted by atomic mass is 16.3. The molecule has 0 spiro atoms. The first kappa shape index (κ1) is 14.4. The molecule has 0 bridgehead atoms. The van der Waals surface area contributed by atoms with Crippen LogP contribution in [0.1, 0.15) is 47.5 Å². The smallest absolute Gasteiger partial charge is 0.220 e. The molecule has 0 fully saturated rings. The van der Waals surface area contributed by atoms with Gasteiger partial charge in [0.1, 0.15) is 0 Å². The van der Waals surface area contributed by atoms with Gasteiger partial charge >= 0.3 is 0 Å². The molecule has 0 aliphatic carbocycles. The van der Waals surface area contributed by atoms with Crippen molar-refractivity contribution in [2.75, 3.05) is 6.61 Å². The van der Waals surface area contributed by atoms with Gasteiger partial charge in [-0.05, 0) is 17.8 Å². The molecule has 1 unspecified atom stereocenters. The van der Waals surface area contributed by atoms with Crippen molar-refractivity contribution in [2.45, 2.75) is 53.5 Å². The Morgan fingerprint density at radius 2 is 1.93 bits per heavy atom. The Morgan fingerprint density at radius 3 is 2.27 bits per heavy atom. The molecule has 3 heteroatoms. The van der Waals surface area contributed by atoms with Crippen molar-refractivity contribution in [3.05, 3.63) is 0 Å². The van der Waals surface area contributed by atoms with E-state index in [1.165, 1.54) is 0 Å². The van der Waals surface area contributed by atoms with Gasteiger partial charge in [0.25, 0.3) is 0 Å². The molecule has 1 amide bonds. The molecular formula is C12H25NO2.